The minimum Gasteiger partial charge on any atom is -0.493 e. The van der Waals surface area contributed by atoms with E-state index in [-0.39, 0.29) is 17.3 Å². The van der Waals surface area contributed by atoms with Gasteiger partial charge < -0.3 is 9.47 Å². The third-order valence-electron chi connectivity index (χ3n) is 3.96. The molecule has 1 N–H and O–H groups in total. The summed E-state index contributed by atoms with van der Waals surface area (Å²) in [4.78, 5) is 26.6. The normalized spacial score (nSPS) is 15.1. The number of rotatable bonds is 5. The number of thiocarbonyl (C=S) groups is 1. The molecule has 1 aliphatic rings. The van der Waals surface area contributed by atoms with Gasteiger partial charge >= 0.3 is 0 Å². The van der Waals surface area contributed by atoms with Crippen LogP contribution in [-0.4, -0.2) is 30.6 Å². The summed E-state index contributed by atoms with van der Waals surface area (Å²) < 4.78 is 10.5. The third-order valence-corrected chi connectivity index (χ3v) is 4.48. The van der Waals surface area contributed by atoms with Gasteiger partial charge in [-0.05, 0) is 54.2 Å². The Labute approximate surface area is 177 Å². The average molecular weight is 428 g/mol. The highest BCUT2D eigenvalue weighted by Crippen LogP contribution is 2.30. The summed E-state index contributed by atoms with van der Waals surface area (Å²) >= 11 is 11.2. The van der Waals surface area contributed by atoms with E-state index in [0.29, 0.717) is 27.8 Å². The molecule has 3 rings (SSSR count). The van der Waals surface area contributed by atoms with Crippen LogP contribution < -0.4 is 19.7 Å². The molecule has 1 saturated heterocycles. The summed E-state index contributed by atoms with van der Waals surface area (Å²) in [5.74, 6) is -0.454. The van der Waals surface area contributed by atoms with E-state index < -0.39 is 11.8 Å². The lowest BCUT2D eigenvalue weighted by Crippen LogP contribution is -2.54. The van der Waals surface area contributed by atoms with Crippen LogP contribution in [0.5, 0.6) is 11.5 Å². The summed E-state index contributed by atoms with van der Waals surface area (Å²) in [7, 11) is 1.45. The Kier molecular flexibility index (Phi) is 6.12. The van der Waals surface area contributed by atoms with Crippen LogP contribution in [-0.2, 0) is 9.59 Å². The van der Waals surface area contributed by atoms with Crippen molar-refractivity contribution < 1.29 is 19.1 Å². The number of carbonyl (C=O) groups is 2. The molecule has 146 valence electrons. The first-order chi connectivity index (χ1) is 13.9. The largest absolute Gasteiger partial charge is 0.493 e. The first-order valence-corrected chi connectivity index (χ1v) is 9.08. The summed E-state index contributed by atoms with van der Waals surface area (Å²) in [6.07, 6.45) is 1.42. The fraction of sp³-hybridized carbons (Fsp3) is 0.100. The van der Waals surface area contributed by atoms with Gasteiger partial charge in [0.15, 0.2) is 23.2 Å². The number of carbonyl (C=O) groups excluding carboxylic acids is 2. The number of methoxy groups -OCH3 is 1. The highest BCUT2D eigenvalue weighted by molar-refractivity contribution is 7.80. The molecule has 9 heteroatoms. The Bertz CT molecular complexity index is 1080. The molecule has 0 unspecified atom stereocenters. The summed E-state index contributed by atoms with van der Waals surface area (Å²) in [6.45, 7) is -0.135. The molecule has 0 aliphatic carbocycles. The Hall–Kier alpha value is -3.41. The SMILES string of the molecule is COc1cc(C=C2C(=O)NC(=S)N(c3cccc(Cl)c3)C2=O)ccc1OCC#N. The van der Waals surface area contributed by atoms with Gasteiger partial charge in [-0.15, -0.1) is 0 Å². The van der Waals surface area contributed by atoms with E-state index in [1.807, 2.05) is 6.07 Å². The standard InChI is InChI=1S/C20H14ClN3O4S/c1-27-17-10-12(5-6-16(17)28-8-7-22)9-15-18(25)23-20(29)24(19(15)26)14-4-2-3-13(21)11-14/h2-6,9-11H,8H2,1H3,(H,23,25,29). The minimum atomic E-state index is -0.609. The Morgan fingerprint density at radius 1 is 1.24 bits per heavy atom. The Morgan fingerprint density at radius 2 is 2.03 bits per heavy atom. The molecule has 0 bridgehead atoms. The number of nitrogens with one attached hydrogen (secondary N) is 1. The number of ether oxygens (including phenoxy) is 2. The van der Waals surface area contributed by atoms with Crippen LogP contribution >= 0.6 is 23.8 Å². The van der Waals surface area contributed by atoms with E-state index >= 15 is 0 Å². The second-order valence-electron chi connectivity index (χ2n) is 5.79. The van der Waals surface area contributed by atoms with Crippen molar-refractivity contribution in [3.8, 4) is 17.6 Å². The van der Waals surface area contributed by atoms with Crippen molar-refractivity contribution in [2.24, 2.45) is 0 Å². The number of nitrogens with zero attached hydrogens (tertiary/aromatic N) is 2. The van der Waals surface area contributed by atoms with Gasteiger partial charge in [0.1, 0.15) is 11.6 Å². The summed E-state index contributed by atoms with van der Waals surface area (Å²) in [5.41, 5.74) is 0.867. The lowest BCUT2D eigenvalue weighted by Gasteiger charge is -2.29. The average Bonchev–Trinajstić information content (AvgIpc) is 2.69. The number of hydrogen-bond donors (Lipinski definition) is 1. The van der Waals surface area contributed by atoms with E-state index in [9.17, 15) is 9.59 Å². The number of anilines is 1. The molecule has 2 aromatic carbocycles. The van der Waals surface area contributed by atoms with Crippen molar-refractivity contribution in [1.29, 1.82) is 5.26 Å². The highest BCUT2D eigenvalue weighted by atomic mass is 35.5. The molecule has 7 nitrogen and oxygen atoms in total. The van der Waals surface area contributed by atoms with Crippen molar-refractivity contribution in [2.75, 3.05) is 18.6 Å². The molecule has 0 atom stereocenters. The van der Waals surface area contributed by atoms with Crippen molar-refractivity contribution in [1.82, 2.24) is 5.32 Å². The molecule has 0 spiro atoms. The van der Waals surface area contributed by atoms with Crippen LogP contribution in [0, 0.1) is 11.3 Å². The second kappa shape index (κ2) is 8.73. The van der Waals surface area contributed by atoms with E-state index in [2.05, 4.69) is 5.32 Å². The van der Waals surface area contributed by atoms with Gasteiger partial charge in [-0.3, -0.25) is 19.8 Å². The molecule has 1 heterocycles. The number of amides is 2. The van der Waals surface area contributed by atoms with Crippen LogP contribution in [0.15, 0.2) is 48.0 Å². The molecular weight excluding hydrogens is 414 g/mol. The van der Waals surface area contributed by atoms with E-state index in [0.717, 1.165) is 0 Å². The zero-order valence-corrected chi connectivity index (χ0v) is 16.7. The third kappa shape index (κ3) is 4.37. The molecule has 29 heavy (non-hydrogen) atoms. The maximum Gasteiger partial charge on any atom is 0.270 e. The van der Waals surface area contributed by atoms with Crippen LogP contribution in [0.1, 0.15) is 5.56 Å². The predicted octanol–water partition coefficient (Wildman–Crippen LogP) is 3.08. The van der Waals surface area contributed by atoms with Gasteiger partial charge in [0.05, 0.1) is 12.8 Å². The Morgan fingerprint density at radius 3 is 2.72 bits per heavy atom. The molecular formula is C20H14ClN3O4S. The van der Waals surface area contributed by atoms with Crippen LogP contribution in [0.4, 0.5) is 5.69 Å². The zero-order chi connectivity index (χ0) is 21.0. The van der Waals surface area contributed by atoms with Gasteiger partial charge in [0.25, 0.3) is 11.8 Å². The number of hydrogen-bond acceptors (Lipinski definition) is 6. The van der Waals surface area contributed by atoms with Gasteiger partial charge in [-0.2, -0.15) is 5.26 Å². The maximum atomic E-state index is 13.0. The predicted molar refractivity (Wildman–Crippen MR) is 112 cm³/mol. The van der Waals surface area contributed by atoms with Crippen molar-refractivity contribution >= 4 is 52.5 Å². The lowest BCUT2D eigenvalue weighted by atomic mass is 10.1. The van der Waals surface area contributed by atoms with Gasteiger partial charge in [-0.1, -0.05) is 23.7 Å². The summed E-state index contributed by atoms with van der Waals surface area (Å²) in [5, 5.41) is 11.6. The molecule has 1 aliphatic heterocycles. The zero-order valence-electron chi connectivity index (χ0n) is 15.1. The van der Waals surface area contributed by atoms with E-state index in [1.54, 1.807) is 42.5 Å². The monoisotopic (exact) mass is 427 g/mol. The first kappa shape index (κ1) is 20.3. The van der Waals surface area contributed by atoms with Crippen LogP contribution in [0.2, 0.25) is 5.02 Å². The first-order valence-electron chi connectivity index (χ1n) is 8.29. The van der Waals surface area contributed by atoms with Crippen molar-refractivity contribution in [3.05, 3.63) is 58.6 Å². The van der Waals surface area contributed by atoms with E-state index in [4.69, 9.17) is 38.6 Å². The number of halogens is 1. The minimum absolute atomic E-state index is 0.0303. The smallest absolute Gasteiger partial charge is 0.270 e. The molecule has 0 radical (unpaired) electrons. The number of benzene rings is 2. The van der Waals surface area contributed by atoms with Crippen molar-refractivity contribution in [3.63, 3.8) is 0 Å². The van der Waals surface area contributed by atoms with Gasteiger partial charge in [0.2, 0.25) is 0 Å². The topological polar surface area (TPSA) is 91.7 Å². The second-order valence-corrected chi connectivity index (χ2v) is 6.62. The summed E-state index contributed by atoms with van der Waals surface area (Å²) in [6, 6.07) is 13.3. The molecule has 0 aromatic heterocycles. The Balaban J connectivity index is 1.97. The molecule has 2 aromatic rings. The van der Waals surface area contributed by atoms with E-state index in [1.165, 1.54) is 18.1 Å². The lowest BCUT2D eigenvalue weighted by molar-refractivity contribution is -0.122. The molecule has 0 saturated carbocycles. The quantitative estimate of drug-likeness (QED) is 0.448. The van der Waals surface area contributed by atoms with Gasteiger partial charge in [-0.25, -0.2) is 0 Å². The highest BCUT2D eigenvalue weighted by Gasteiger charge is 2.34. The van der Waals surface area contributed by atoms with Crippen LogP contribution in [0.3, 0.4) is 0 Å². The fourth-order valence-electron chi connectivity index (χ4n) is 2.68. The van der Waals surface area contributed by atoms with Gasteiger partial charge in [0, 0.05) is 5.02 Å². The molecule has 1 fully saturated rings. The van der Waals surface area contributed by atoms with Crippen molar-refractivity contribution in [2.45, 2.75) is 0 Å². The maximum absolute atomic E-state index is 13.0. The fourth-order valence-corrected chi connectivity index (χ4v) is 3.14. The molecule has 2 amide bonds. The van der Waals surface area contributed by atoms with Crippen LogP contribution in [0.25, 0.3) is 6.08 Å². The number of nitriles is 1.